The van der Waals surface area contributed by atoms with Gasteiger partial charge in [-0.05, 0) is 79.4 Å². The van der Waals surface area contributed by atoms with Crippen LogP contribution in [0.1, 0.15) is 30.7 Å². The van der Waals surface area contributed by atoms with Gasteiger partial charge in [0.2, 0.25) is 0 Å². The van der Waals surface area contributed by atoms with E-state index < -0.39 is 0 Å². The number of anilines is 2. The van der Waals surface area contributed by atoms with Gasteiger partial charge in [-0.25, -0.2) is 8.78 Å². The van der Waals surface area contributed by atoms with Crippen LogP contribution < -0.4 is 19.3 Å². The molecule has 0 saturated carbocycles. The minimum atomic E-state index is -0.243. The highest BCUT2D eigenvalue weighted by Crippen LogP contribution is 2.50. The molecule has 5 nitrogen and oxygen atoms in total. The van der Waals surface area contributed by atoms with E-state index in [0.29, 0.717) is 30.9 Å². The topological polar surface area (TPSA) is 28.2 Å². The molecule has 0 spiro atoms. The van der Waals surface area contributed by atoms with Crippen LogP contribution in [0, 0.1) is 11.6 Å². The van der Waals surface area contributed by atoms with Crippen molar-refractivity contribution in [3.63, 3.8) is 0 Å². The number of halogens is 2. The molecule has 1 fully saturated rings. The van der Waals surface area contributed by atoms with E-state index in [9.17, 15) is 8.78 Å². The molecule has 3 aliphatic heterocycles. The molecule has 3 aromatic rings. The smallest absolute Gasteiger partial charge is 0.123 e. The van der Waals surface area contributed by atoms with Gasteiger partial charge in [0, 0.05) is 51.2 Å². The fourth-order valence-corrected chi connectivity index (χ4v) is 6.31. The molecule has 3 aliphatic rings. The van der Waals surface area contributed by atoms with E-state index in [1.54, 1.807) is 24.3 Å². The van der Waals surface area contributed by atoms with Gasteiger partial charge in [0.05, 0.1) is 24.6 Å². The van der Waals surface area contributed by atoms with Crippen LogP contribution in [0.25, 0.3) is 0 Å². The molecule has 0 unspecified atom stereocenters. The molecule has 3 aromatic carbocycles. The van der Waals surface area contributed by atoms with E-state index in [0.717, 1.165) is 57.9 Å². The summed E-state index contributed by atoms with van der Waals surface area (Å²) in [5.41, 5.74) is 4.28. The Balaban J connectivity index is 1.03. The number of piperidine rings is 1. The molecule has 2 atom stereocenters. The predicted molar refractivity (Wildman–Crippen MR) is 147 cm³/mol. The van der Waals surface area contributed by atoms with E-state index in [2.05, 4.69) is 32.9 Å². The Labute approximate surface area is 223 Å². The van der Waals surface area contributed by atoms with Crippen LogP contribution >= 0.6 is 0 Å². The lowest BCUT2D eigenvalue weighted by Gasteiger charge is -2.42. The fourth-order valence-electron chi connectivity index (χ4n) is 6.31. The summed E-state index contributed by atoms with van der Waals surface area (Å²) in [7, 11) is 0. The first-order chi connectivity index (χ1) is 18.7. The van der Waals surface area contributed by atoms with Gasteiger partial charge in [-0.3, -0.25) is 0 Å². The lowest BCUT2D eigenvalue weighted by atomic mass is 9.89. The van der Waals surface area contributed by atoms with Gasteiger partial charge >= 0.3 is 0 Å². The van der Waals surface area contributed by atoms with Crippen molar-refractivity contribution < 1.29 is 18.3 Å². The highest BCUT2D eigenvalue weighted by molar-refractivity contribution is 5.81. The highest BCUT2D eigenvalue weighted by Gasteiger charge is 2.44. The van der Waals surface area contributed by atoms with Crippen molar-refractivity contribution in [1.29, 1.82) is 0 Å². The Kier molecular flexibility index (Phi) is 7.36. The third-order valence-electron chi connectivity index (χ3n) is 8.10. The minimum Gasteiger partial charge on any atom is -0.494 e. The first-order valence-electron chi connectivity index (χ1n) is 13.8. The average Bonchev–Trinajstić information content (AvgIpc) is 3.26. The lowest BCUT2D eigenvalue weighted by Crippen LogP contribution is -2.50. The second-order valence-electron chi connectivity index (χ2n) is 10.5. The predicted octanol–water partition coefficient (Wildman–Crippen LogP) is 5.70. The van der Waals surface area contributed by atoms with Gasteiger partial charge < -0.3 is 24.2 Å². The van der Waals surface area contributed by atoms with Crippen molar-refractivity contribution in [2.45, 2.75) is 31.2 Å². The molecule has 0 bridgehead atoms. The van der Waals surface area contributed by atoms with E-state index >= 15 is 0 Å². The van der Waals surface area contributed by atoms with E-state index in [4.69, 9.17) is 9.47 Å². The monoisotopic (exact) mass is 519 g/mol. The van der Waals surface area contributed by atoms with Crippen LogP contribution in [0.2, 0.25) is 0 Å². The largest absolute Gasteiger partial charge is 0.494 e. The van der Waals surface area contributed by atoms with Crippen LogP contribution in [0.4, 0.5) is 20.2 Å². The molecule has 0 amide bonds. The maximum Gasteiger partial charge on any atom is 0.123 e. The van der Waals surface area contributed by atoms with Gasteiger partial charge in [0.25, 0.3) is 0 Å². The van der Waals surface area contributed by atoms with Crippen LogP contribution in [0.5, 0.6) is 11.5 Å². The summed E-state index contributed by atoms with van der Waals surface area (Å²) in [4.78, 5) is 7.76. The zero-order valence-corrected chi connectivity index (χ0v) is 21.7. The third-order valence-corrected chi connectivity index (χ3v) is 8.10. The molecule has 0 N–H and O–H groups in total. The lowest BCUT2D eigenvalue weighted by molar-refractivity contribution is 0.178. The van der Waals surface area contributed by atoms with Crippen LogP contribution in [0.15, 0.2) is 66.7 Å². The first-order valence-corrected chi connectivity index (χ1v) is 13.8. The van der Waals surface area contributed by atoms with Crippen molar-refractivity contribution in [3.8, 4) is 11.5 Å². The average molecular weight is 520 g/mol. The molecular weight excluding hydrogens is 484 g/mol. The summed E-state index contributed by atoms with van der Waals surface area (Å²) in [5.74, 6) is 1.50. The molecule has 1 saturated heterocycles. The molecule has 0 aliphatic carbocycles. The molecule has 7 heteroatoms. The van der Waals surface area contributed by atoms with E-state index in [1.165, 1.54) is 47.6 Å². The molecule has 0 radical (unpaired) electrons. The number of benzene rings is 3. The summed E-state index contributed by atoms with van der Waals surface area (Å²) in [5, 5.41) is 0. The van der Waals surface area contributed by atoms with Crippen LogP contribution in [-0.4, -0.2) is 63.4 Å². The minimum absolute atomic E-state index is 0.239. The van der Waals surface area contributed by atoms with Crippen molar-refractivity contribution in [1.82, 2.24) is 4.90 Å². The fraction of sp³-hybridized carbons (Fsp3) is 0.419. The Morgan fingerprint density at radius 3 is 2.08 bits per heavy atom. The van der Waals surface area contributed by atoms with Crippen molar-refractivity contribution >= 4 is 11.4 Å². The maximum absolute atomic E-state index is 13.1. The SMILES string of the molecule is Fc1ccc(OCCCN2CC[C@H]3[C@@H](C2)c2cccc4c2N3CCN4CCCOc2ccc(F)cc2)cc1. The molecule has 6 rings (SSSR count). The number of rotatable bonds is 10. The van der Waals surface area contributed by atoms with Gasteiger partial charge in [-0.2, -0.15) is 0 Å². The van der Waals surface area contributed by atoms with Crippen molar-refractivity contribution in [2.24, 2.45) is 0 Å². The Morgan fingerprint density at radius 1 is 0.737 bits per heavy atom. The Bertz CT molecular complexity index is 1220. The number of hydrogen-bond donors (Lipinski definition) is 0. The summed E-state index contributed by atoms with van der Waals surface area (Å²) in [6.07, 6.45) is 3.06. The molecule has 38 heavy (non-hydrogen) atoms. The highest BCUT2D eigenvalue weighted by atomic mass is 19.1. The zero-order valence-electron chi connectivity index (χ0n) is 21.7. The number of ether oxygens (including phenoxy) is 2. The van der Waals surface area contributed by atoms with Gasteiger partial charge in [0.15, 0.2) is 0 Å². The first kappa shape index (κ1) is 25.0. The number of fused-ring (bicyclic) bond motifs is 3. The van der Waals surface area contributed by atoms with Gasteiger partial charge in [0.1, 0.15) is 23.1 Å². The van der Waals surface area contributed by atoms with Gasteiger partial charge in [-0.1, -0.05) is 12.1 Å². The van der Waals surface area contributed by atoms with Crippen molar-refractivity contribution in [2.75, 3.05) is 62.3 Å². The molecule has 0 aromatic heterocycles. The Hall–Kier alpha value is -3.32. The standard InChI is InChI=1S/C31H35F2N3O2/c32-23-6-10-25(11-7-23)37-20-2-15-34-17-14-29-28(22-34)27-4-1-5-30-31(27)36(29)19-18-35(30)16-3-21-38-26-12-8-24(33)9-13-26/h1,4-13,28-29H,2-3,14-22H2/t28-,29-/m0/s1. The van der Waals surface area contributed by atoms with Crippen LogP contribution in [-0.2, 0) is 0 Å². The van der Waals surface area contributed by atoms with Gasteiger partial charge in [-0.15, -0.1) is 0 Å². The maximum atomic E-state index is 13.1. The summed E-state index contributed by atoms with van der Waals surface area (Å²) >= 11 is 0. The molecule has 3 heterocycles. The second-order valence-corrected chi connectivity index (χ2v) is 10.5. The number of hydrogen-bond acceptors (Lipinski definition) is 5. The van der Waals surface area contributed by atoms with E-state index in [-0.39, 0.29) is 11.6 Å². The number of nitrogens with zero attached hydrogens (tertiary/aromatic N) is 3. The van der Waals surface area contributed by atoms with Crippen LogP contribution in [0.3, 0.4) is 0 Å². The summed E-state index contributed by atoms with van der Waals surface area (Å²) in [6, 6.07) is 19.9. The molecular formula is C31H35F2N3O2. The second kappa shape index (κ2) is 11.2. The molecule has 200 valence electrons. The summed E-state index contributed by atoms with van der Waals surface area (Å²) < 4.78 is 37.8. The zero-order chi connectivity index (χ0) is 25.9. The Morgan fingerprint density at radius 2 is 1.39 bits per heavy atom. The quantitative estimate of drug-likeness (QED) is 0.321. The van der Waals surface area contributed by atoms with Crippen molar-refractivity contribution in [3.05, 3.63) is 83.9 Å². The number of likely N-dealkylation sites (tertiary alicyclic amines) is 1. The van der Waals surface area contributed by atoms with E-state index in [1.807, 2.05) is 0 Å². The third kappa shape index (κ3) is 5.30. The summed E-state index contributed by atoms with van der Waals surface area (Å²) in [6.45, 7) is 7.51. The number of para-hydroxylation sites is 1. The normalized spacial score (nSPS) is 20.3.